The van der Waals surface area contributed by atoms with Gasteiger partial charge in [0, 0.05) is 22.1 Å². The number of hydrogen-bond acceptors (Lipinski definition) is 4. The molecule has 3 aromatic carbocycles. The van der Waals surface area contributed by atoms with Crippen molar-refractivity contribution in [3.05, 3.63) is 82.4 Å². The number of ether oxygens (including phenoxy) is 4. The summed E-state index contributed by atoms with van der Waals surface area (Å²) >= 11 is 6.13. The van der Waals surface area contributed by atoms with Crippen molar-refractivity contribution in [2.75, 3.05) is 28.4 Å². The van der Waals surface area contributed by atoms with Crippen LogP contribution in [0.3, 0.4) is 0 Å². The Hall–Kier alpha value is -2.85. The van der Waals surface area contributed by atoms with Gasteiger partial charge in [0.2, 0.25) is 0 Å². The maximum Gasteiger partial charge on any atom is 0.123 e. The third kappa shape index (κ3) is 4.02. The van der Waals surface area contributed by atoms with Gasteiger partial charge in [-0.3, -0.25) is 0 Å². The van der Waals surface area contributed by atoms with E-state index in [1.807, 2.05) is 60.7 Å². The van der Waals surface area contributed by atoms with Crippen molar-refractivity contribution in [2.24, 2.45) is 0 Å². The third-order valence-corrected chi connectivity index (χ3v) is 4.95. The number of rotatable bonds is 7. The van der Waals surface area contributed by atoms with E-state index in [0.717, 1.165) is 39.7 Å². The van der Waals surface area contributed by atoms with Gasteiger partial charge in [-0.15, -0.1) is 0 Å². The summed E-state index contributed by atoms with van der Waals surface area (Å²) in [5, 5.41) is 0.678. The highest BCUT2D eigenvalue weighted by Gasteiger charge is 2.25. The summed E-state index contributed by atoms with van der Waals surface area (Å²) < 4.78 is 22.3. The molecule has 0 N–H and O–H groups in total. The Morgan fingerprint density at radius 3 is 1.46 bits per heavy atom. The topological polar surface area (TPSA) is 36.9 Å². The molecule has 28 heavy (non-hydrogen) atoms. The van der Waals surface area contributed by atoms with Crippen molar-refractivity contribution in [3.8, 4) is 23.0 Å². The van der Waals surface area contributed by atoms with Gasteiger partial charge in [0.1, 0.15) is 23.0 Å². The molecule has 0 saturated carbocycles. The standard InChI is InChI=1S/C23H23ClO4/c1-25-17-9-11-21(27-3)19(13-17)23(15-5-7-16(24)8-6-15)20-14-18(26-2)10-12-22(20)28-4/h5-14,23H,1-4H3. The Balaban J connectivity index is 2.30. The molecule has 4 nitrogen and oxygen atoms in total. The van der Waals surface area contributed by atoms with Crippen molar-refractivity contribution >= 4 is 11.6 Å². The number of halogens is 1. The van der Waals surface area contributed by atoms with Crippen LogP contribution in [0.5, 0.6) is 23.0 Å². The summed E-state index contributed by atoms with van der Waals surface area (Å²) in [6.07, 6.45) is 0. The molecule has 0 amide bonds. The third-order valence-electron chi connectivity index (χ3n) is 4.70. The van der Waals surface area contributed by atoms with Gasteiger partial charge in [0.15, 0.2) is 0 Å². The second kappa shape index (κ2) is 8.89. The lowest BCUT2D eigenvalue weighted by Gasteiger charge is -2.24. The summed E-state index contributed by atoms with van der Waals surface area (Å²) in [5.41, 5.74) is 2.95. The van der Waals surface area contributed by atoms with Gasteiger partial charge in [-0.05, 0) is 54.1 Å². The largest absolute Gasteiger partial charge is 0.497 e. The molecule has 0 saturated heterocycles. The van der Waals surface area contributed by atoms with Gasteiger partial charge in [-0.2, -0.15) is 0 Å². The summed E-state index contributed by atoms with van der Waals surface area (Å²) in [4.78, 5) is 0. The van der Waals surface area contributed by atoms with E-state index in [1.54, 1.807) is 28.4 Å². The van der Waals surface area contributed by atoms with E-state index in [2.05, 4.69) is 0 Å². The fraction of sp³-hybridized carbons (Fsp3) is 0.217. The molecule has 5 heteroatoms. The van der Waals surface area contributed by atoms with Gasteiger partial charge in [0.25, 0.3) is 0 Å². The molecule has 0 spiro atoms. The van der Waals surface area contributed by atoms with Crippen LogP contribution in [0.2, 0.25) is 5.02 Å². The van der Waals surface area contributed by atoms with Crippen molar-refractivity contribution < 1.29 is 18.9 Å². The van der Waals surface area contributed by atoms with Crippen molar-refractivity contribution in [2.45, 2.75) is 5.92 Å². The summed E-state index contributed by atoms with van der Waals surface area (Å²) in [5.74, 6) is 2.83. The minimum Gasteiger partial charge on any atom is -0.497 e. The van der Waals surface area contributed by atoms with Crippen molar-refractivity contribution in [1.29, 1.82) is 0 Å². The zero-order valence-electron chi connectivity index (χ0n) is 16.4. The van der Waals surface area contributed by atoms with E-state index in [1.165, 1.54) is 0 Å². The molecule has 0 bridgehead atoms. The smallest absolute Gasteiger partial charge is 0.123 e. The molecule has 0 aliphatic rings. The van der Waals surface area contributed by atoms with Gasteiger partial charge in [-0.1, -0.05) is 23.7 Å². The molecule has 0 atom stereocenters. The summed E-state index contributed by atoms with van der Waals surface area (Å²) in [6, 6.07) is 19.3. The zero-order valence-corrected chi connectivity index (χ0v) is 17.1. The molecule has 146 valence electrons. The Morgan fingerprint density at radius 1 is 0.607 bits per heavy atom. The maximum absolute atomic E-state index is 6.13. The molecule has 0 aliphatic heterocycles. The lowest BCUT2D eigenvalue weighted by Crippen LogP contribution is -2.08. The van der Waals surface area contributed by atoms with Crippen molar-refractivity contribution in [3.63, 3.8) is 0 Å². The van der Waals surface area contributed by atoms with Crippen molar-refractivity contribution in [1.82, 2.24) is 0 Å². The minimum absolute atomic E-state index is 0.174. The van der Waals surface area contributed by atoms with E-state index in [9.17, 15) is 0 Å². The first-order valence-electron chi connectivity index (χ1n) is 8.80. The van der Waals surface area contributed by atoms with Crippen LogP contribution in [0.4, 0.5) is 0 Å². The summed E-state index contributed by atoms with van der Waals surface area (Å²) in [7, 11) is 6.62. The Labute approximate surface area is 170 Å². The van der Waals surface area contributed by atoms with Gasteiger partial charge in [-0.25, -0.2) is 0 Å². The van der Waals surface area contributed by atoms with Gasteiger partial charge < -0.3 is 18.9 Å². The average Bonchev–Trinajstić information content (AvgIpc) is 2.75. The Morgan fingerprint density at radius 2 is 1.07 bits per heavy atom. The SMILES string of the molecule is COc1ccc(OC)c(C(c2ccc(Cl)cc2)c2cc(OC)ccc2OC)c1. The molecule has 0 aromatic heterocycles. The molecule has 0 unspecified atom stereocenters. The second-order valence-corrected chi connectivity index (χ2v) is 6.64. The fourth-order valence-electron chi connectivity index (χ4n) is 3.31. The zero-order chi connectivity index (χ0) is 20.1. The van der Waals surface area contributed by atoms with Crippen LogP contribution < -0.4 is 18.9 Å². The number of methoxy groups -OCH3 is 4. The Kier molecular flexibility index (Phi) is 6.32. The van der Waals surface area contributed by atoms with E-state index < -0.39 is 0 Å². The van der Waals surface area contributed by atoms with Crippen LogP contribution >= 0.6 is 11.6 Å². The normalized spacial score (nSPS) is 10.6. The maximum atomic E-state index is 6.13. The number of hydrogen-bond donors (Lipinski definition) is 0. The Bertz CT molecular complexity index is 882. The molecular weight excluding hydrogens is 376 g/mol. The van der Waals surface area contributed by atoms with Crippen LogP contribution in [-0.4, -0.2) is 28.4 Å². The highest BCUT2D eigenvalue weighted by Crippen LogP contribution is 2.43. The van der Waals surface area contributed by atoms with Crippen LogP contribution in [0.25, 0.3) is 0 Å². The fourth-order valence-corrected chi connectivity index (χ4v) is 3.44. The lowest BCUT2D eigenvalue weighted by atomic mass is 9.84. The minimum atomic E-state index is -0.174. The first-order valence-corrected chi connectivity index (χ1v) is 9.18. The molecular formula is C23H23ClO4. The van der Waals surface area contributed by atoms with E-state index in [0.29, 0.717) is 5.02 Å². The van der Waals surface area contributed by atoms with E-state index in [-0.39, 0.29) is 5.92 Å². The predicted molar refractivity (Wildman–Crippen MR) is 111 cm³/mol. The molecule has 0 fully saturated rings. The molecule has 3 aromatic rings. The van der Waals surface area contributed by atoms with Gasteiger partial charge >= 0.3 is 0 Å². The first-order chi connectivity index (χ1) is 13.6. The predicted octanol–water partition coefficient (Wildman–Crippen LogP) is 5.55. The lowest BCUT2D eigenvalue weighted by molar-refractivity contribution is 0.392. The van der Waals surface area contributed by atoms with Crippen LogP contribution in [0.1, 0.15) is 22.6 Å². The average molecular weight is 399 g/mol. The molecule has 0 radical (unpaired) electrons. The monoisotopic (exact) mass is 398 g/mol. The van der Waals surface area contributed by atoms with E-state index >= 15 is 0 Å². The molecule has 3 rings (SSSR count). The highest BCUT2D eigenvalue weighted by atomic mass is 35.5. The number of benzene rings is 3. The van der Waals surface area contributed by atoms with Gasteiger partial charge in [0.05, 0.1) is 28.4 Å². The van der Waals surface area contributed by atoms with E-state index in [4.69, 9.17) is 30.5 Å². The highest BCUT2D eigenvalue weighted by molar-refractivity contribution is 6.30. The van der Waals surface area contributed by atoms with Crippen LogP contribution in [0.15, 0.2) is 60.7 Å². The first kappa shape index (κ1) is 19.9. The summed E-state index contributed by atoms with van der Waals surface area (Å²) in [6.45, 7) is 0. The van der Waals surface area contributed by atoms with Crippen LogP contribution in [0, 0.1) is 0 Å². The second-order valence-electron chi connectivity index (χ2n) is 6.20. The quantitative estimate of drug-likeness (QED) is 0.488. The molecule has 0 aliphatic carbocycles. The van der Waals surface area contributed by atoms with Crippen LogP contribution in [-0.2, 0) is 0 Å². The molecule has 0 heterocycles.